The van der Waals surface area contributed by atoms with Crippen molar-refractivity contribution < 1.29 is 9.59 Å². The first-order chi connectivity index (χ1) is 15.9. The fourth-order valence-corrected chi connectivity index (χ4v) is 4.72. The summed E-state index contributed by atoms with van der Waals surface area (Å²) in [4.78, 5) is 31.1. The van der Waals surface area contributed by atoms with Crippen LogP contribution in [0, 0.1) is 6.92 Å². The molecule has 6 nitrogen and oxygen atoms in total. The lowest BCUT2D eigenvalue weighted by Crippen LogP contribution is -2.30. The van der Waals surface area contributed by atoms with Gasteiger partial charge < -0.3 is 0 Å². The Bertz CT molecular complexity index is 1220. The summed E-state index contributed by atoms with van der Waals surface area (Å²) in [6.45, 7) is 5.93. The third-order valence-corrected chi connectivity index (χ3v) is 6.54. The van der Waals surface area contributed by atoms with E-state index in [9.17, 15) is 9.59 Å². The van der Waals surface area contributed by atoms with E-state index in [1.165, 1.54) is 16.8 Å². The summed E-state index contributed by atoms with van der Waals surface area (Å²) in [5.41, 5.74) is 2.75. The molecule has 0 unspecified atom stereocenters. The zero-order chi connectivity index (χ0) is 23.5. The van der Waals surface area contributed by atoms with Gasteiger partial charge in [-0.1, -0.05) is 67.4 Å². The van der Waals surface area contributed by atoms with E-state index in [-0.39, 0.29) is 11.8 Å². The third kappa shape index (κ3) is 4.75. The Kier molecular flexibility index (Phi) is 7.00. The highest BCUT2D eigenvalue weighted by Crippen LogP contribution is 2.41. The number of aromatic nitrogens is 2. The van der Waals surface area contributed by atoms with Crippen LogP contribution in [0.4, 0.5) is 5.82 Å². The lowest BCUT2D eigenvalue weighted by Gasteiger charge is -2.23. The summed E-state index contributed by atoms with van der Waals surface area (Å²) < 4.78 is 1.64. The molecule has 0 fully saturated rings. The Hall–Kier alpha value is -2.90. The van der Waals surface area contributed by atoms with E-state index in [0.29, 0.717) is 52.4 Å². The molecule has 1 aliphatic heterocycles. The number of anilines is 1. The molecule has 3 aromatic rings. The monoisotopic (exact) mass is 480 g/mol. The number of hydrogen-bond donors (Lipinski definition) is 0. The van der Waals surface area contributed by atoms with E-state index in [1.807, 2.05) is 57.2 Å². The fraction of sp³-hybridized carbons (Fsp3) is 0.280. The molecule has 0 saturated heterocycles. The highest BCUT2D eigenvalue weighted by atomic mass is 35.5. The number of benzene rings is 2. The van der Waals surface area contributed by atoms with E-state index >= 15 is 0 Å². The lowest BCUT2D eigenvalue weighted by atomic mass is 10.1. The summed E-state index contributed by atoms with van der Waals surface area (Å²) in [5, 5.41) is 7.83. The number of carbonyl (C=O) groups is 2. The molecular formula is C25H25ClN4O2S. The largest absolute Gasteiger partial charge is 0.274 e. The standard InChI is InChI=1S/C25H25ClN4O2S/c1-4-6-20(31)29-22(17-10-8-16(3)9-11-17)27-23-25(29)33-24(18-12-14-19(26)15-13-18)28-30(23)21(32)7-5-2/h8-15H,4-7H2,1-3H3. The van der Waals surface area contributed by atoms with Crippen molar-refractivity contribution in [1.82, 2.24) is 9.55 Å². The van der Waals surface area contributed by atoms with Gasteiger partial charge in [-0.3, -0.25) is 14.2 Å². The molecule has 0 N–H and O–H groups in total. The van der Waals surface area contributed by atoms with Gasteiger partial charge in [-0.2, -0.15) is 10.1 Å². The molecule has 1 aromatic heterocycles. The van der Waals surface area contributed by atoms with E-state index < -0.39 is 0 Å². The molecule has 2 aromatic carbocycles. The SMILES string of the molecule is CCCC(=O)N1N=C(c2ccc(Cl)cc2)Sc2c1nc(-c1ccc(C)cc1)n2C(=O)CCC. The zero-order valence-electron chi connectivity index (χ0n) is 18.8. The second-order valence-corrected chi connectivity index (χ2v) is 9.29. The van der Waals surface area contributed by atoms with Crippen LogP contribution in [0.5, 0.6) is 0 Å². The first-order valence-electron chi connectivity index (χ1n) is 11.0. The quantitative estimate of drug-likeness (QED) is 0.401. The van der Waals surface area contributed by atoms with Gasteiger partial charge >= 0.3 is 0 Å². The maximum atomic E-state index is 13.3. The van der Waals surface area contributed by atoms with Crippen molar-refractivity contribution in [2.75, 3.05) is 5.01 Å². The molecular weight excluding hydrogens is 456 g/mol. The summed E-state index contributed by atoms with van der Waals surface area (Å²) in [6.07, 6.45) is 2.10. The predicted octanol–water partition coefficient (Wildman–Crippen LogP) is 6.55. The average molecular weight is 481 g/mol. The van der Waals surface area contributed by atoms with Crippen LogP contribution in [0.3, 0.4) is 0 Å². The predicted molar refractivity (Wildman–Crippen MR) is 134 cm³/mol. The lowest BCUT2D eigenvalue weighted by molar-refractivity contribution is -0.118. The molecule has 170 valence electrons. The number of halogens is 1. The van der Waals surface area contributed by atoms with E-state index in [4.69, 9.17) is 16.6 Å². The molecule has 8 heteroatoms. The van der Waals surface area contributed by atoms with Crippen molar-refractivity contribution in [3.05, 3.63) is 64.7 Å². The number of thioether (sulfide) groups is 1. The first kappa shape index (κ1) is 23.3. The van der Waals surface area contributed by atoms with Crippen LogP contribution >= 0.6 is 23.4 Å². The van der Waals surface area contributed by atoms with Gasteiger partial charge in [-0.15, -0.1) is 0 Å². The normalized spacial score (nSPS) is 13.0. The van der Waals surface area contributed by atoms with Crippen LogP contribution in [0.2, 0.25) is 5.02 Å². The Morgan fingerprint density at radius 1 is 0.909 bits per heavy atom. The molecule has 1 aliphatic rings. The van der Waals surface area contributed by atoms with Crippen molar-refractivity contribution in [2.24, 2.45) is 5.10 Å². The molecule has 4 rings (SSSR count). The van der Waals surface area contributed by atoms with Gasteiger partial charge in [-0.25, -0.2) is 4.98 Å². The van der Waals surface area contributed by atoms with Crippen LogP contribution in [0.25, 0.3) is 11.4 Å². The number of aryl methyl sites for hydroxylation is 1. The van der Waals surface area contributed by atoms with Crippen LogP contribution in [-0.4, -0.2) is 26.4 Å². The average Bonchev–Trinajstić information content (AvgIpc) is 3.19. The number of rotatable bonds is 6. The van der Waals surface area contributed by atoms with Gasteiger partial charge in [0.1, 0.15) is 15.9 Å². The minimum Gasteiger partial charge on any atom is -0.274 e. The Morgan fingerprint density at radius 2 is 1.52 bits per heavy atom. The molecule has 0 aliphatic carbocycles. The molecule has 0 atom stereocenters. The minimum absolute atomic E-state index is 0.0606. The topological polar surface area (TPSA) is 67.6 Å². The van der Waals surface area contributed by atoms with Gasteiger partial charge in [0.25, 0.3) is 0 Å². The second kappa shape index (κ2) is 9.93. The second-order valence-electron chi connectivity index (χ2n) is 7.88. The number of nitrogens with zero attached hydrogens (tertiary/aromatic N) is 4. The maximum Gasteiger partial charge on any atom is 0.248 e. The molecule has 0 spiro atoms. The van der Waals surface area contributed by atoms with Crippen LogP contribution in [0.1, 0.15) is 55.5 Å². The van der Waals surface area contributed by atoms with Crippen molar-refractivity contribution in [3.8, 4) is 11.4 Å². The number of fused-ring (bicyclic) bond motifs is 1. The third-order valence-electron chi connectivity index (χ3n) is 5.22. The molecule has 33 heavy (non-hydrogen) atoms. The number of carbonyl (C=O) groups excluding carboxylic acids is 2. The van der Waals surface area contributed by atoms with Gasteiger partial charge in [0.05, 0.1) is 0 Å². The minimum atomic E-state index is -0.159. The maximum absolute atomic E-state index is 13.3. The number of imidazole rings is 1. The van der Waals surface area contributed by atoms with Crippen LogP contribution in [0.15, 0.2) is 58.7 Å². The number of amides is 1. The Balaban J connectivity index is 1.90. The molecule has 0 radical (unpaired) electrons. The summed E-state index contributed by atoms with van der Waals surface area (Å²) in [5.74, 6) is 0.701. The van der Waals surface area contributed by atoms with Gasteiger partial charge in [0, 0.05) is 29.0 Å². The zero-order valence-corrected chi connectivity index (χ0v) is 20.4. The highest BCUT2D eigenvalue weighted by molar-refractivity contribution is 8.14. The summed E-state index contributed by atoms with van der Waals surface area (Å²) in [6, 6.07) is 15.1. The van der Waals surface area contributed by atoms with E-state index in [0.717, 1.165) is 16.7 Å². The van der Waals surface area contributed by atoms with E-state index in [2.05, 4.69) is 5.10 Å². The fourth-order valence-electron chi connectivity index (χ4n) is 3.53. The summed E-state index contributed by atoms with van der Waals surface area (Å²) in [7, 11) is 0. The first-order valence-corrected chi connectivity index (χ1v) is 12.2. The Labute approximate surface area is 202 Å². The van der Waals surface area contributed by atoms with Crippen molar-refractivity contribution in [1.29, 1.82) is 0 Å². The smallest absolute Gasteiger partial charge is 0.248 e. The molecule has 1 amide bonds. The van der Waals surface area contributed by atoms with E-state index in [1.54, 1.807) is 16.7 Å². The summed E-state index contributed by atoms with van der Waals surface area (Å²) >= 11 is 7.41. The molecule has 2 heterocycles. The Morgan fingerprint density at radius 3 is 2.15 bits per heavy atom. The highest BCUT2D eigenvalue weighted by Gasteiger charge is 2.34. The van der Waals surface area contributed by atoms with Crippen LogP contribution < -0.4 is 5.01 Å². The van der Waals surface area contributed by atoms with Crippen molar-refractivity contribution in [3.63, 3.8) is 0 Å². The van der Waals surface area contributed by atoms with Crippen molar-refractivity contribution in [2.45, 2.75) is 51.5 Å². The van der Waals surface area contributed by atoms with Crippen molar-refractivity contribution >= 4 is 46.0 Å². The van der Waals surface area contributed by atoms with Gasteiger partial charge in [0.2, 0.25) is 11.8 Å². The van der Waals surface area contributed by atoms with Crippen LogP contribution in [-0.2, 0) is 4.79 Å². The molecule has 0 bridgehead atoms. The number of hydrazone groups is 1. The van der Waals surface area contributed by atoms with Gasteiger partial charge in [-0.05, 0) is 43.7 Å². The number of hydrogen-bond acceptors (Lipinski definition) is 5. The molecule has 0 saturated carbocycles. The van der Waals surface area contributed by atoms with Gasteiger partial charge in [0.15, 0.2) is 5.82 Å².